The lowest BCUT2D eigenvalue weighted by molar-refractivity contribution is 0.0924. The highest BCUT2D eigenvalue weighted by Gasteiger charge is 2.27. The van der Waals surface area contributed by atoms with Crippen molar-refractivity contribution >= 4 is 5.91 Å². The van der Waals surface area contributed by atoms with Gasteiger partial charge in [-0.25, -0.2) is 14.6 Å². The summed E-state index contributed by atoms with van der Waals surface area (Å²) in [7, 11) is 0. The second-order valence-corrected chi connectivity index (χ2v) is 5.94. The molecule has 7 heteroatoms. The molecule has 1 amide bonds. The Morgan fingerprint density at radius 1 is 1.20 bits per heavy atom. The van der Waals surface area contributed by atoms with E-state index in [9.17, 15) is 9.90 Å². The number of rotatable bonds is 3. The molecule has 2 N–H and O–H groups in total. The molecule has 1 unspecified atom stereocenters. The monoisotopic (exact) mass is 335 g/mol. The van der Waals surface area contributed by atoms with Crippen LogP contribution >= 0.6 is 0 Å². The van der Waals surface area contributed by atoms with E-state index < -0.39 is 0 Å². The third-order valence-electron chi connectivity index (χ3n) is 4.36. The van der Waals surface area contributed by atoms with E-state index in [1.807, 2.05) is 22.9 Å². The molecule has 1 aliphatic rings. The largest absolute Gasteiger partial charge is 0.505 e. The van der Waals surface area contributed by atoms with Gasteiger partial charge in [0.15, 0.2) is 11.5 Å². The van der Waals surface area contributed by atoms with Gasteiger partial charge < -0.3 is 10.4 Å². The molecule has 3 aromatic heterocycles. The van der Waals surface area contributed by atoms with Crippen molar-refractivity contribution in [3.63, 3.8) is 0 Å². The third kappa shape index (κ3) is 2.84. The van der Waals surface area contributed by atoms with Crippen LogP contribution in [-0.2, 0) is 6.42 Å². The zero-order valence-corrected chi connectivity index (χ0v) is 13.5. The predicted octanol–water partition coefficient (Wildman–Crippen LogP) is 2.18. The van der Waals surface area contributed by atoms with Crippen molar-refractivity contribution in [1.29, 1.82) is 0 Å². The molecule has 0 saturated carbocycles. The van der Waals surface area contributed by atoms with Gasteiger partial charge in [-0.3, -0.25) is 4.79 Å². The summed E-state index contributed by atoms with van der Waals surface area (Å²) in [5.74, 6) is 0.250. The summed E-state index contributed by atoms with van der Waals surface area (Å²) in [6.45, 7) is 0. The Hall–Kier alpha value is -3.22. The number of hydrogen-bond acceptors (Lipinski definition) is 5. The van der Waals surface area contributed by atoms with Gasteiger partial charge in [0.2, 0.25) is 0 Å². The Morgan fingerprint density at radius 2 is 2.08 bits per heavy atom. The fourth-order valence-electron chi connectivity index (χ4n) is 3.18. The Kier molecular flexibility index (Phi) is 3.89. The predicted molar refractivity (Wildman–Crippen MR) is 90.4 cm³/mol. The van der Waals surface area contributed by atoms with Crippen LogP contribution in [0.1, 0.15) is 40.6 Å². The van der Waals surface area contributed by atoms with Gasteiger partial charge in [-0.15, -0.1) is 0 Å². The second-order valence-electron chi connectivity index (χ2n) is 5.94. The molecule has 0 aromatic carbocycles. The van der Waals surface area contributed by atoms with Crippen LogP contribution < -0.4 is 5.32 Å². The third-order valence-corrected chi connectivity index (χ3v) is 4.36. The highest BCUT2D eigenvalue weighted by atomic mass is 16.3. The topological polar surface area (TPSA) is 92.9 Å². The van der Waals surface area contributed by atoms with Crippen LogP contribution in [0.25, 0.3) is 5.82 Å². The first kappa shape index (κ1) is 15.3. The van der Waals surface area contributed by atoms with Crippen LogP contribution in [0.2, 0.25) is 0 Å². The molecule has 0 radical (unpaired) electrons. The van der Waals surface area contributed by atoms with Gasteiger partial charge in [-0.05, 0) is 43.5 Å². The number of fused-ring (bicyclic) bond motifs is 1. The van der Waals surface area contributed by atoms with Gasteiger partial charge >= 0.3 is 0 Å². The summed E-state index contributed by atoms with van der Waals surface area (Å²) >= 11 is 0. The first-order valence-corrected chi connectivity index (χ1v) is 8.17. The van der Waals surface area contributed by atoms with Crippen LogP contribution in [0.5, 0.6) is 5.75 Å². The van der Waals surface area contributed by atoms with Crippen LogP contribution in [-0.4, -0.2) is 30.8 Å². The first-order valence-electron chi connectivity index (χ1n) is 8.17. The van der Waals surface area contributed by atoms with E-state index in [0.717, 1.165) is 36.3 Å². The number of nitrogens with one attached hydrogen (secondary N) is 1. The molecular formula is C18H17N5O2. The van der Waals surface area contributed by atoms with Crippen molar-refractivity contribution in [1.82, 2.24) is 25.1 Å². The first-order chi connectivity index (χ1) is 12.2. The van der Waals surface area contributed by atoms with Crippen LogP contribution in [0, 0.1) is 0 Å². The van der Waals surface area contributed by atoms with E-state index in [4.69, 9.17) is 0 Å². The highest BCUT2D eigenvalue weighted by Crippen LogP contribution is 2.31. The van der Waals surface area contributed by atoms with Crippen molar-refractivity contribution in [2.75, 3.05) is 0 Å². The molecule has 3 heterocycles. The molecule has 0 spiro atoms. The molecule has 25 heavy (non-hydrogen) atoms. The number of aromatic nitrogens is 4. The number of aromatic hydroxyl groups is 1. The van der Waals surface area contributed by atoms with Gasteiger partial charge in [-0.2, -0.15) is 5.10 Å². The smallest absolute Gasteiger partial charge is 0.274 e. The molecule has 0 bridgehead atoms. The molecule has 126 valence electrons. The Labute approximate surface area is 144 Å². The summed E-state index contributed by atoms with van der Waals surface area (Å²) in [5, 5.41) is 17.2. The molecule has 1 aliphatic carbocycles. The molecule has 3 aromatic rings. The van der Waals surface area contributed by atoms with Gasteiger partial charge in [0.05, 0.1) is 17.9 Å². The van der Waals surface area contributed by atoms with Gasteiger partial charge in [0.25, 0.3) is 5.91 Å². The SMILES string of the molecule is O=C(NC1CCCc2c1cnn2-c1ccccn1)c1ncccc1O. The Bertz CT molecular complexity index is 907. The van der Waals surface area contributed by atoms with Gasteiger partial charge in [-0.1, -0.05) is 6.07 Å². The average Bonchev–Trinajstić information content (AvgIpc) is 3.08. The molecule has 7 nitrogen and oxygen atoms in total. The van der Waals surface area contributed by atoms with E-state index in [-0.39, 0.29) is 23.4 Å². The van der Waals surface area contributed by atoms with Crippen LogP contribution in [0.3, 0.4) is 0 Å². The normalized spacial score (nSPS) is 16.2. The maximum Gasteiger partial charge on any atom is 0.274 e. The molecular weight excluding hydrogens is 318 g/mol. The maximum atomic E-state index is 12.4. The van der Waals surface area contributed by atoms with Gasteiger partial charge in [0, 0.05) is 18.0 Å². The quantitative estimate of drug-likeness (QED) is 0.765. The lowest BCUT2D eigenvalue weighted by atomic mass is 9.93. The lowest BCUT2D eigenvalue weighted by Gasteiger charge is -2.24. The summed E-state index contributed by atoms with van der Waals surface area (Å²) in [4.78, 5) is 20.8. The van der Waals surface area contributed by atoms with Crippen molar-refractivity contribution < 1.29 is 9.90 Å². The van der Waals surface area contributed by atoms with E-state index >= 15 is 0 Å². The van der Waals surface area contributed by atoms with Crippen LogP contribution in [0.4, 0.5) is 0 Å². The van der Waals surface area contributed by atoms with E-state index in [1.54, 1.807) is 18.5 Å². The maximum absolute atomic E-state index is 12.4. The zero-order chi connectivity index (χ0) is 17.2. The number of carbonyl (C=O) groups is 1. The summed E-state index contributed by atoms with van der Waals surface area (Å²) < 4.78 is 1.83. The molecule has 0 aliphatic heterocycles. The highest BCUT2D eigenvalue weighted by molar-refractivity contribution is 5.95. The van der Waals surface area contributed by atoms with Crippen molar-refractivity contribution in [3.8, 4) is 11.6 Å². The standard InChI is InChI=1S/C18H17N5O2/c24-15-7-4-10-20-17(15)18(25)22-13-5-3-6-14-12(13)11-21-23(14)16-8-1-2-9-19-16/h1-2,4,7-11,13,24H,3,5-6H2,(H,22,25). The van der Waals surface area contributed by atoms with Crippen LogP contribution in [0.15, 0.2) is 48.9 Å². The molecule has 0 saturated heterocycles. The van der Waals surface area contributed by atoms with Crippen molar-refractivity contribution in [3.05, 3.63) is 65.9 Å². The lowest BCUT2D eigenvalue weighted by Crippen LogP contribution is -2.31. The number of amides is 1. The number of pyridine rings is 2. The van der Waals surface area contributed by atoms with Crippen molar-refractivity contribution in [2.24, 2.45) is 0 Å². The Morgan fingerprint density at radius 3 is 2.88 bits per heavy atom. The zero-order valence-electron chi connectivity index (χ0n) is 13.5. The number of hydrogen-bond donors (Lipinski definition) is 2. The summed E-state index contributed by atoms with van der Waals surface area (Å²) in [6.07, 6.45) is 7.64. The molecule has 4 rings (SSSR count). The minimum Gasteiger partial charge on any atom is -0.505 e. The molecule has 1 atom stereocenters. The number of nitrogens with zero attached hydrogens (tertiary/aromatic N) is 4. The fraction of sp³-hybridized carbons (Fsp3) is 0.222. The fourth-order valence-corrected chi connectivity index (χ4v) is 3.18. The van der Waals surface area contributed by atoms with Crippen molar-refractivity contribution in [2.45, 2.75) is 25.3 Å². The summed E-state index contributed by atoms with van der Waals surface area (Å²) in [6, 6.07) is 8.57. The minimum atomic E-state index is -0.387. The van der Waals surface area contributed by atoms with E-state index in [2.05, 4.69) is 20.4 Å². The molecule has 0 fully saturated rings. The summed E-state index contributed by atoms with van der Waals surface area (Å²) in [5.41, 5.74) is 2.08. The van der Waals surface area contributed by atoms with Gasteiger partial charge in [0.1, 0.15) is 5.75 Å². The Balaban J connectivity index is 1.62. The minimum absolute atomic E-state index is 0.0340. The van der Waals surface area contributed by atoms with E-state index in [0.29, 0.717) is 0 Å². The second kappa shape index (κ2) is 6.35. The number of carbonyl (C=O) groups excluding carboxylic acids is 1. The van der Waals surface area contributed by atoms with E-state index in [1.165, 1.54) is 12.3 Å². The average molecular weight is 335 g/mol.